The summed E-state index contributed by atoms with van der Waals surface area (Å²) in [6, 6.07) is 4.17. The van der Waals surface area contributed by atoms with E-state index in [0.717, 1.165) is 24.4 Å². The van der Waals surface area contributed by atoms with Crippen molar-refractivity contribution in [3.8, 4) is 0 Å². The molecule has 0 aliphatic carbocycles. The van der Waals surface area contributed by atoms with Gasteiger partial charge in [0.25, 0.3) is 0 Å². The lowest BCUT2D eigenvalue weighted by atomic mass is 10.0. The summed E-state index contributed by atoms with van der Waals surface area (Å²) in [5.41, 5.74) is 5.13. The van der Waals surface area contributed by atoms with Crippen molar-refractivity contribution in [1.82, 2.24) is 5.32 Å². The summed E-state index contributed by atoms with van der Waals surface area (Å²) in [6.45, 7) is 2.83. The van der Waals surface area contributed by atoms with Crippen LogP contribution in [0.2, 0.25) is 0 Å². The maximum atomic E-state index is 10.7. The summed E-state index contributed by atoms with van der Waals surface area (Å²) >= 11 is 6.97. The molecule has 1 rings (SSSR count). The number of rotatable bonds is 7. The highest BCUT2D eigenvalue weighted by molar-refractivity contribution is 7.80. The van der Waals surface area contributed by atoms with Gasteiger partial charge in [-0.25, -0.2) is 0 Å². The van der Waals surface area contributed by atoms with Crippen molar-refractivity contribution >= 4 is 34.5 Å². The van der Waals surface area contributed by atoms with E-state index in [1.165, 1.54) is 4.88 Å². The molecule has 0 aliphatic heterocycles. The minimum atomic E-state index is -0.265. The van der Waals surface area contributed by atoms with E-state index in [0.29, 0.717) is 6.42 Å². The molecule has 5 heteroatoms. The normalized spacial score (nSPS) is 12.1. The number of hydrogen-bond acceptors (Lipinski definition) is 3. The summed E-state index contributed by atoms with van der Waals surface area (Å²) in [5.74, 6) is -0.0480. The minimum absolute atomic E-state index is 0.217. The van der Waals surface area contributed by atoms with Crippen LogP contribution in [0.1, 0.15) is 24.6 Å². The molecule has 3 nitrogen and oxygen atoms in total. The molecule has 17 heavy (non-hydrogen) atoms. The number of carbonyl (C=O) groups is 1. The molecular formula is C12H18N2OS2. The van der Waals surface area contributed by atoms with Crippen LogP contribution < -0.4 is 11.1 Å². The predicted molar refractivity (Wildman–Crippen MR) is 76.2 cm³/mol. The highest BCUT2D eigenvalue weighted by Crippen LogP contribution is 2.09. The third kappa shape index (κ3) is 6.38. The number of nitrogens with two attached hydrogens (primary N) is 1. The molecule has 0 radical (unpaired) electrons. The Kier molecular flexibility index (Phi) is 6.15. The maximum Gasteiger partial charge on any atom is 0.217 e. The molecule has 0 aliphatic rings. The topological polar surface area (TPSA) is 55.1 Å². The SMILES string of the molecule is C[C@H](CC(N)=O)CC(=S)NCCc1cccs1. The standard InChI is InChI=1S/C12H18N2OS2/c1-9(7-11(13)15)8-12(16)14-5-4-10-3-2-6-17-10/h2-3,6,9H,4-5,7-8H2,1H3,(H2,13,15)(H,14,16)/t9-/m1/s1. The quantitative estimate of drug-likeness (QED) is 0.746. The van der Waals surface area contributed by atoms with E-state index in [2.05, 4.69) is 16.8 Å². The Bertz CT molecular complexity index is 363. The van der Waals surface area contributed by atoms with Gasteiger partial charge in [0.05, 0.1) is 4.99 Å². The molecule has 1 heterocycles. The van der Waals surface area contributed by atoms with E-state index in [1.807, 2.05) is 13.0 Å². The van der Waals surface area contributed by atoms with E-state index in [9.17, 15) is 4.79 Å². The Hall–Kier alpha value is -0.940. The predicted octanol–water partition coefficient (Wildman–Crippen LogP) is 2.11. The molecule has 0 spiro atoms. The second-order valence-corrected chi connectivity index (χ2v) is 5.68. The molecule has 1 aromatic heterocycles. The van der Waals surface area contributed by atoms with E-state index in [1.54, 1.807) is 11.3 Å². The highest BCUT2D eigenvalue weighted by atomic mass is 32.1. The van der Waals surface area contributed by atoms with Crippen LogP contribution in [0.15, 0.2) is 17.5 Å². The van der Waals surface area contributed by atoms with Gasteiger partial charge in [-0.1, -0.05) is 25.2 Å². The van der Waals surface area contributed by atoms with Crippen molar-refractivity contribution in [3.05, 3.63) is 22.4 Å². The van der Waals surface area contributed by atoms with Gasteiger partial charge < -0.3 is 11.1 Å². The third-order valence-electron chi connectivity index (χ3n) is 2.36. The van der Waals surface area contributed by atoms with Crippen LogP contribution in [0.25, 0.3) is 0 Å². The average molecular weight is 270 g/mol. The first-order valence-electron chi connectivity index (χ1n) is 5.65. The second-order valence-electron chi connectivity index (χ2n) is 4.16. The number of thiocarbonyl (C=S) groups is 1. The average Bonchev–Trinajstić information content (AvgIpc) is 2.68. The summed E-state index contributed by atoms with van der Waals surface area (Å²) in [5, 5.41) is 5.28. The van der Waals surface area contributed by atoms with Gasteiger partial charge in [0.2, 0.25) is 5.91 Å². The number of amides is 1. The van der Waals surface area contributed by atoms with E-state index in [-0.39, 0.29) is 11.8 Å². The van der Waals surface area contributed by atoms with E-state index < -0.39 is 0 Å². The van der Waals surface area contributed by atoms with Crippen LogP contribution in [0, 0.1) is 5.92 Å². The first-order valence-corrected chi connectivity index (χ1v) is 6.94. The Morgan fingerprint density at radius 2 is 2.35 bits per heavy atom. The summed E-state index contributed by atoms with van der Waals surface area (Å²) in [7, 11) is 0. The molecule has 0 saturated carbocycles. The number of thiophene rings is 1. The zero-order valence-corrected chi connectivity index (χ0v) is 11.6. The van der Waals surface area contributed by atoms with Crippen molar-refractivity contribution in [1.29, 1.82) is 0 Å². The zero-order valence-electron chi connectivity index (χ0n) is 9.94. The number of carbonyl (C=O) groups excluding carboxylic acids is 1. The number of nitrogens with one attached hydrogen (secondary N) is 1. The van der Waals surface area contributed by atoms with Crippen molar-refractivity contribution in [3.63, 3.8) is 0 Å². The third-order valence-corrected chi connectivity index (χ3v) is 3.60. The molecule has 3 N–H and O–H groups in total. The largest absolute Gasteiger partial charge is 0.379 e. The Morgan fingerprint density at radius 1 is 1.59 bits per heavy atom. The lowest BCUT2D eigenvalue weighted by Crippen LogP contribution is -2.26. The maximum absolute atomic E-state index is 10.7. The molecule has 0 saturated heterocycles. The summed E-state index contributed by atoms with van der Waals surface area (Å²) < 4.78 is 0. The van der Waals surface area contributed by atoms with Gasteiger partial charge in [-0.05, 0) is 23.8 Å². The van der Waals surface area contributed by atoms with Gasteiger partial charge in [0, 0.05) is 24.3 Å². The lowest BCUT2D eigenvalue weighted by molar-refractivity contribution is -0.118. The van der Waals surface area contributed by atoms with E-state index >= 15 is 0 Å². The second kappa shape index (κ2) is 7.40. The van der Waals surface area contributed by atoms with Crippen LogP contribution in [-0.2, 0) is 11.2 Å². The van der Waals surface area contributed by atoms with Gasteiger partial charge in [-0.3, -0.25) is 4.79 Å². The van der Waals surface area contributed by atoms with Crippen molar-refractivity contribution in [2.75, 3.05) is 6.54 Å². The van der Waals surface area contributed by atoms with Crippen molar-refractivity contribution < 1.29 is 4.79 Å². The van der Waals surface area contributed by atoms with Crippen LogP contribution in [0.3, 0.4) is 0 Å². The zero-order chi connectivity index (χ0) is 12.7. The Labute approximate surface area is 111 Å². The highest BCUT2D eigenvalue weighted by Gasteiger charge is 2.08. The van der Waals surface area contributed by atoms with Crippen molar-refractivity contribution in [2.45, 2.75) is 26.2 Å². The molecule has 0 unspecified atom stereocenters. The molecule has 0 fully saturated rings. The first kappa shape index (κ1) is 14.1. The minimum Gasteiger partial charge on any atom is -0.379 e. The fourth-order valence-electron chi connectivity index (χ4n) is 1.58. The van der Waals surface area contributed by atoms with Gasteiger partial charge >= 0.3 is 0 Å². The molecule has 94 valence electrons. The summed E-state index contributed by atoms with van der Waals surface area (Å²) in [6.07, 6.45) is 2.11. The smallest absolute Gasteiger partial charge is 0.217 e. The van der Waals surface area contributed by atoms with Crippen molar-refractivity contribution in [2.24, 2.45) is 11.7 Å². The van der Waals surface area contributed by atoms with Gasteiger partial charge in [-0.2, -0.15) is 0 Å². The Balaban J connectivity index is 2.14. The number of hydrogen-bond donors (Lipinski definition) is 2. The van der Waals surface area contributed by atoms with Gasteiger partial charge in [0.1, 0.15) is 0 Å². The van der Waals surface area contributed by atoms with Crippen LogP contribution in [0.5, 0.6) is 0 Å². The Morgan fingerprint density at radius 3 is 2.94 bits per heavy atom. The van der Waals surface area contributed by atoms with Crippen LogP contribution >= 0.6 is 23.6 Å². The van der Waals surface area contributed by atoms with Gasteiger partial charge in [0.15, 0.2) is 0 Å². The molecule has 0 aromatic carbocycles. The van der Waals surface area contributed by atoms with E-state index in [4.69, 9.17) is 18.0 Å². The fourth-order valence-corrected chi connectivity index (χ4v) is 2.68. The summed E-state index contributed by atoms with van der Waals surface area (Å²) in [4.78, 5) is 12.9. The lowest BCUT2D eigenvalue weighted by Gasteiger charge is -2.11. The molecule has 1 atom stereocenters. The molecule has 1 amide bonds. The number of primary amides is 1. The van der Waals surface area contributed by atoms with Crippen LogP contribution in [-0.4, -0.2) is 17.4 Å². The van der Waals surface area contributed by atoms with Crippen LogP contribution in [0.4, 0.5) is 0 Å². The first-order chi connectivity index (χ1) is 8.08. The molecule has 0 bridgehead atoms. The monoisotopic (exact) mass is 270 g/mol. The molecular weight excluding hydrogens is 252 g/mol. The van der Waals surface area contributed by atoms with Gasteiger partial charge in [-0.15, -0.1) is 11.3 Å². The molecule has 1 aromatic rings. The fraction of sp³-hybridized carbons (Fsp3) is 0.500.